The molecule has 156 valence electrons. The molecule has 0 aliphatic heterocycles. The lowest BCUT2D eigenvalue weighted by Crippen LogP contribution is -2.17. The number of anilines is 2. The van der Waals surface area contributed by atoms with Gasteiger partial charge in [-0.05, 0) is 66.9 Å². The van der Waals surface area contributed by atoms with Crippen LogP contribution >= 0.6 is 0 Å². The number of benzene rings is 3. The van der Waals surface area contributed by atoms with Crippen molar-refractivity contribution in [3.63, 3.8) is 0 Å². The third kappa shape index (κ3) is 4.25. The first-order valence-electron chi connectivity index (χ1n) is 9.12. The van der Waals surface area contributed by atoms with E-state index in [4.69, 9.17) is 9.84 Å². The van der Waals surface area contributed by atoms with Gasteiger partial charge in [0.15, 0.2) is 6.61 Å². The Morgan fingerprint density at radius 1 is 1.03 bits per heavy atom. The van der Waals surface area contributed by atoms with Gasteiger partial charge in [-0.25, -0.2) is 18.0 Å². The second-order valence-electron chi connectivity index (χ2n) is 6.90. The number of ether oxygens (including phenoxy) is 1. The van der Waals surface area contributed by atoms with Gasteiger partial charge in [0.25, 0.3) is 0 Å². The number of halogens is 3. The van der Waals surface area contributed by atoms with Crippen LogP contribution in [0.5, 0.6) is 5.75 Å². The second-order valence-corrected chi connectivity index (χ2v) is 6.90. The minimum absolute atomic E-state index is 0.0487. The Balaban J connectivity index is 2.10. The van der Waals surface area contributed by atoms with Crippen molar-refractivity contribution < 1.29 is 27.8 Å². The van der Waals surface area contributed by atoms with E-state index in [1.54, 1.807) is 32.0 Å². The fourth-order valence-corrected chi connectivity index (χ4v) is 3.31. The van der Waals surface area contributed by atoms with Gasteiger partial charge in [0.2, 0.25) is 0 Å². The van der Waals surface area contributed by atoms with Gasteiger partial charge < -0.3 is 14.7 Å². The molecule has 0 fully saturated rings. The quantitative estimate of drug-likeness (QED) is 0.568. The maximum absolute atomic E-state index is 15.0. The number of aryl methyl sites for hydroxylation is 1. The van der Waals surface area contributed by atoms with E-state index in [2.05, 4.69) is 0 Å². The van der Waals surface area contributed by atoms with Crippen LogP contribution in [-0.4, -0.2) is 24.7 Å². The van der Waals surface area contributed by atoms with Crippen molar-refractivity contribution in [1.82, 2.24) is 0 Å². The zero-order valence-corrected chi connectivity index (χ0v) is 16.7. The monoisotopic (exact) mass is 415 g/mol. The molecule has 4 nitrogen and oxygen atoms in total. The minimum Gasteiger partial charge on any atom is -0.482 e. The molecular weight excluding hydrogens is 395 g/mol. The van der Waals surface area contributed by atoms with Crippen LogP contribution in [0.25, 0.3) is 11.1 Å². The van der Waals surface area contributed by atoms with Gasteiger partial charge >= 0.3 is 5.97 Å². The normalized spacial score (nSPS) is 10.7. The molecule has 0 aliphatic rings. The predicted octanol–water partition coefficient (Wildman–Crippen LogP) is 5.62. The van der Waals surface area contributed by atoms with Gasteiger partial charge in [-0.15, -0.1) is 0 Å². The van der Waals surface area contributed by atoms with Gasteiger partial charge in [0, 0.05) is 12.6 Å². The van der Waals surface area contributed by atoms with Gasteiger partial charge in [-0.1, -0.05) is 12.1 Å². The summed E-state index contributed by atoms with van der Waals surface area (Å²) in [5.74, 6) is -2.58. The van der Waals surface area contributed by atoms with Crippen LogP contribution in [0.4, 0.5) is 24.5 Å². The lowest BCUT2D eigenvalue weighted by atomic mass is 10.0. The molecule has 0 spiro atoms. The summed E-state index contributed by atoms with van der Waals surface area (Å²) in [4.78, 5) is 12.1. The average Bonchev–Trinajstić information content (AvgIpc) is 2.69. The zero-order chi connectivity index (χ0) is 22.0. The highest BCUT2D eigenvalue weighted by Crippen LogP contribution is 2.38. The maximum atomic E-state index is 15.0. The van der Waals surface area contributed by atoms with Gasteiger partial charge in [0.1, 0.15) is 23.2 Å². The Morgan fingerprint density at radius 3 is 2.43 bits per heavy atom. The van der Waals surface area contributed by atoms with Gasteiger partial charge in [-0.2, -0.15) is 0 Å². The number of carboxylic acids is 1. The van der Waals surface area contributed by atoms with E-state index >= 15 is 0 Å². The van der Waals surface area contributed by atoms with E-state index in [9.17, 15) is 18.0 Å². The molecule has 3 rings (SSSR count). The van der Waals surface area contributed by atoms with Crippen LogP contribution in [0, 0.1) is 31.3 Å². The molecule has 3 aromatic carbocycles. The molecule has 0 bridgehead atoms. The maximum Gasteiger partial charge on any atom is 0.341 e. The van der Waals surface area contributed by atoms with E-state index in [-0.39, 0.29) is 17.1 Å². The number of carbonyl (C=O) groups is 1. The summed E-state index contributed by atoms with van der Waals surface area (Å²) in [6, 6.07) is 11.5. The van der Waals surface area contributed by atoms with Crippen LogP contribution in [0.15, 0.2) is 48.5 Å². The molecule has 3 aromatic rings. The molecule has 0 atom stereocenters. The first kappa shape index (κ1) is 21.2. The third-order valence-electron chi connectivity index (χ3n) is 4.77. The Labute approximate surface area is 172 Å². The van der Waals surface area contributed by atoms with Crippen molar-refractivity contribution >= 4 is 17.3 Å². The zero-order valence-electron chi connectivity index (χ0n) is 16.7. The van der Waals surface area contributed by atoms with Crippen LogP contribution in [0.3, 0.4) is 0 Å². The molecule has 0 heterocycles. The third-order valence-corrected chi connectivity index (χ3v) is 4.77. The molecule has 0 saturated heterocycles. The summed E-state index contributed by atoms with van der Waals surface area (Å²) >= 11 is 0. The summed E-state index contributed by atoms with van der Waals surface area (Å²) in [7, 11) is 1.50. The first-order valence-corrected chi connectivity index (χ1v) is 9.12. The van der Waals surface area contributed by atoms with Gasteiger partial charge in [0.05, 0.1) is 11.4 Å². The van der Waals surface area contributed by atoms with Crippen LogP contribution in [0.1, 0.15) is 11.1 Å². The van der Waals surface area contributed by atoms with E-state index < -0.39 is 30.0 Å². The summed E-state index contributed by atoms with van der Waals surface area (Å²) < 4.78 is 48.5. The van der Waals surface area contributed by atoms with E-state index in [0.29, 0.717) is 22.3 Å². The van der Waals surface area contributed by atoms with Crippen molar-refractivity contribution in [2.45, 2.75) is 13.8 Å². The Bertz CT molecular complexity index is 1120. The topological polar surface area (TPSA) is 49.8 Å². The number of nitrogens with zero attached hydrogens (tertiary/aromatic N) is 1. The molecule has 0 radical (unpaired) electrons. The standard InChI is InChI=1S/C23H20F3NO3/c1-13-9-16(15-5-4-6-17(24)10-15)11-19(22(13)26)27(3)23-14(2)20(8-7-18(23)25)30-12-21(28)29/h4-11H,12H2,1-3H3,(H,28,29). The second kappa shape index (κ2) is 8.49. The Hall–Kier alpha value is -3.48. The Kier molecular flexibility index (Phi) is 6.01. The summed E-state index contributed by atoms with van der Waals surface area (Å²) in [5, 5.41) is 8.82. The van der Waals surface area contributed by atoms with Crippen molar-refractivity contribution in [3.05, 3.63) is 77.1 Å². The van der Waals surface area contributed by atoms with E-state index in [1.165, 1.54) is 36.2 Å². The van der Waals surface area contributed by atoms with Crippen molar-refractivity contribution in [2.75, 3.05) is 18.6 Å². The molecule has 0 aliphatic carbocycles. The Morgan fingerprint density at radius 2 is 1.77 bits per heavy atom. The highest BCUT2D eigenvalue weighted by molar-refractivity contribution is 5.76. The number of rotatable bonds is 6. The first-order chi connectivity index (χ1) is 14.2. The molecule has 7 heteroatoms. The highest BCUT2D eigenvalue weighted by atomic mass is 19.1. The van der Waals surface area contributed by atoms with Crippen molar-refractivity contribution in [1.29, 1.82) is 0 Å². The summed E-state index contributed by atoms with van der Waals surface area (Å²) in [6.07, 6.45) is 0. The van der Waals surface area contributed by atoms with E-state index in [1.807, 2.05) is 0 Å². The van der Waals surface area contributed by atoms with Crippen molar-refractivity contribution in [2.24, 2.45) is 0 Å². The van der Waals surface area contributed by atoms with Crippen LogP contribution in [-0.2, 0) is 4.79 Å². The van der Waals surface area contributed by atoms with Crippen LogP contribution in [0.2, 0.25) is 0 Å². The number of hydrogen-bond acceptors (Lipinski definition) is 3. The molecule has 0 saturated carbocycles. The fourth-order valence-electron chi connectivity index (χ4n) is 3.31. The fraction of sp³-hybridized carbons (Fsp3) is 0.174. The lowest BCUT2D eigenvalue weighted by Gasteiger charge is -2.25. The minimum atomic E-state index is -1.17. The van der Waals surface area contributed by atoms with Crippen LogP contribution < -0.4 is 9.64 Å². The molecule has 1 N–H and O–H groups in total. The molecule has 0 unspecified atom stereocenters. The number of carboxylic acid groups (broad SMARTS) is 1. The summed E-state index contributed by atoms with van der Waals surface area (Å²) in [5.41, 5.74) is 1.91. The largest absolute Gasteiger partial charge is 0.482 e. The molecule has 0 aromatic heterocycles. The number of hydrogen-bond donors (Lipinski definition) is 1. The highest BCUT2D eigenvalue weighted by Gasteiger charge is 2.21. The molecular formula is C23H20F3NO3. The predicted molar refractivity (Wildman–Crippen MR) is 109 cm³/mol. The smallest absolute Gasteiger partial charge is 0.341 e. The average molecular weight is 415 g/mol. The molecule has 0 amide bonds. The SMILES string of the molecule is Cc1cc(-c2cccc(F)c2)cc(N(C)c2c(F)ccc(OCC(=O)O)c2C)c1F. The number of aliphatic carboxylic acids is 1. The lowest BCUT2D eigenvalue weighted by molar-refractivity contribution is -0.139. The molecule has 30 heavy (non-hydrogen) atoms. The van der Waals surface area contributed by atoms with Gasteiger partial charge in [-0.3, -0.25) is 0 Å². The van der Waals surface area contributed by atoms with Crippen molar-refractivity contribution in [3.8, 4) is 16.9 Å². The van der Waals surface area contributed by atoms with E-state index in [0.717, 1.165) is 6.07 Å². The summed E-state index contributed by atoms with van der Waals surface area (Å²) in [6.45, 7) is 2.55.